The number of benzene rings is 17. The van der Waals surface area contributed by atoms with Gasteiger partial charge in [-0.2, -0.15) is 0 Å². The summed E-state index contributed by atoms with van der Waals surface area (Å²) in [6, 6.07) is 117. The summed E-state index contributed by atoms with van der Waals surface area (Å²) in [5.74, 6) is 0. The first-order valence-corrected chi connectivity index (χ1v) is 40.3. The van der Waals surface area contributed by atoms with Crippen LogP contribution in [0.1, 0.15) is 63.6 Å². The monoisotopic (exact) mass is 1500 g/mol. The highest BCUT2D eigenvalue weighted by Gasteiger charge is 2.46. The second-order valence-electron chi connectivity index (χ2n) is 33.4. The third-order valence-corrected chi connectivity index (χ3v) is 24.6. The normalized spacial score (nSPS) is 13.8. The lowest BCUT2D eigenvalue weighted by Gasteiger charge is -2.45. The van der Waals surface area contributed by atoms with E-state index in [0.717, 1.165) is 167 Å². The zero-order valence-corrected chi connectivity index (χ0v) is 65.5. The molecular weight excluding hydrogens is 1420 g/mol. The molecule has 0 aliphatic carbocycles. The molecular formula is C110H81BN6. The highest BCUT2D eigenvalue weighted by Crippen LogP contribution is 2.54. The predicted molar refractivity (Wildman–Crippen MR) is 497 cm³/mol. The van der Waals surface area contributed by atoms with Crippen molar-refractivity contribution in [2.24, 2.45) is 0 Å². The summed E-state index contributed by atoms with van der Waals surface area (Å²) < 4.78 is 87.4. The second-order valence-corrected chi connectivity index (χ2v) is 33.4. The van der Waals surface area contributed by atoms with Crippen molar-refractivity contribution in [1.82, 2.24) is 18.3 Å². The number of hydrogen-bond donors (Lipinski definition) is 0. The largest absolute Gasteiger partial charge is 0.311 e. The summed E-state index contributed by atoms with van der Waals surface area (Å²) >= 11 is 0. The highest BCUT2D eigenvalue weighted by molar-refractivity contribution is 7.00. The first-order valence-electron chi connectivity index (χ1n) is 44.3. The molecule has 7 heteroatoms. The lowest BCUT2D eigenvalue weighted by molar-refractivity contribution is 0.590. The highest BCUT2D eigenvalue weighted by atomic mass is 15.2. The van der Waals surface area contributed by atoms with Crippen LogP contribution < -0.4 is 26.2 Å². The van der Waals surface area contributed by atoms with Crippen molar-refractivity contribution in [3.63, 3.8) is 0 Å². The number of rotatable bonds is 10. The van der Waals surface area contributed by atoms with Gasteiger partial charge in [-0.1, -0.05) is 296 Å². The fourth-order valence-electron chi connectivity index (χ4n) is 19.2. The molecule has 2 aliphatic heterocycles. The molecule has 4 aromatic heterocycles. The van der Waals surface area contributed by atoms with Crippen LogP contribution in [0.4, 0.5) is 34.1 Å². The van der Waals surface area contributed by atoms with E-state index in [4.69, 9.17) is 0 Å². The Morgan fingerprint density at radius 3 is 1.07 bits per heavy atom. The van der Waals surface area contributed by atoms with E-state index in [1.165, 1.54) is 21.9 Å². The summed E-state index contributed by atoms with van der Waals surface area (Å²) in [5.41, 5.74) is 27.2. The Hall–Kier alpha value is -14.4. The molecule has 117 heavy (non-hydrogen) atoms. The molecule has 0 fully saturated rings. The number of hydrogen-bond acceptors (Lipinski definition) is 2. The fourth-order valence-corrected chi connectivity index (χ4v) is 19.2. The van der Waals surface area contributed by atoms with E-state index in [2.05, 4.69) is 374 Å². The lowest BCUT2D eigenvalue weighted by atomic mass is 9.33. The Kier molecular flexibility index (Phi) is 13.4. The predicted octanol–water partition coefficient (Wildman–Crippen LogP) is 27.4. The maximum atomic E-state index is 10.3. The molecule has 0 atom stereocenters. The molecule has 6 nitrogen and oxygen atoms in total. The van der Waals surface area contributed by atoms with Crippen molar-refractivity contribution < 1.29 is 11.0 Å². The van der Waals surface area contributed by atoms with Gasteiger partial charge in [-0.3, -0.25) is 0 Å². The van der Waals surface area contributed by atoms with Gasteiger partial charge in [0.05, 0.1) is 66.5 Å². The molecule has 0 N–H and O–H groups in total. The molecule has 0 radical (unpaired) electrons. The Morgan fingerprint density at radius 1 is 0.239 bits per heavy atom. The number of para-hydroxylation sites is 6. The second kappa shape index (κ2) is 26.1. The SMILES string of the molecule is [2H]c1c([2H])c([2H])c2c(c1[2H])c1c([2H])c([2H])c([2H])c([2H])c1n2-c1cc2c3c(c1)N(c1c(-c4ccccc4)cccc1-c1ccccc1)c1cc(-n4c5ccccc5c5cc(-n6c7ccccc7c7ccccc76)ccc54)ccc1B3c1ccc(-n3c4ccc(C(C)(C)C)cc4c4cc(C(C)(C)C)ccc43)cc1N2c1cc(-c2ccccc2)cc(-c2ccccc2)c1. The molecule has 0 saturated heterocycles. The molecule has 0 spiro atoms. The van der Waals surface area contributed by atoms with Crippen LogP contribution in [0.25, 0.3) is 154 Å². The van der Waals surface area contributed by atoms with Crippen molar-refractivity contribution in [2.75, 3.05) is 9.80 Å². The van der Waals surface area contributed by atoms with E-state index in [0.29, 0.717) is 5.69 Å². The molecule has 6 heterocycles. The minimum absolute atomic E-state index is 0.00663. The molecule has 0 saturated carbocycles. The van der Waals surface area contributed by atoms with Gasteiger partial charge in [-0.25, -0.2) is 0 Å². The van der Waals surface area contributed by atoms with Gasteiger partial charge >= 0.3 is 0 Å². The van der Waals surface area contributed by atoms with E-state index in [1.807, 2.05) is 24.3 Å². The molecule has 2 aliphatic rings. The van der Waals surface area contributed by atoms with Crippen LogP contribution in [0.15, 0.2) is 382 Å². The first kappa shape index (κ1) is 60.2. The van der Waals surface area contributed by atoms with Crippen molar-refractivity contribution in [2.45, 2.75) is 52.4 Å². The van der Waals surface area contributed by atoms with Crippen LogP contribution in [0.3, 0.4) is 0 Å². The molecule has 23 rings (SSSR count). The number of nitrogens with zero attached hydrogens (tertiary/aromatic N) is 6. The minimum Gasteiger partial charge on any atom is -0.311 e. The van der Waals surface area contributed by atoms with Crippen molar-refractivity contribution in [3.8, 4) is 67.3 Å². The number of anilines is 6. The minimum atomic E-state index is -0.564. The number of aromatic nitrogens is 4. The number of fused-ring (bicyclic) bond motifs is 16. The fraction of sp³-hybridized carbons (Fsp3) is 0.0727. The Morgan fingerprint density at radius 2 is 0.598 bits per heavy atom. The summed E-state index contributed by atoms with van der Waals surface area (Å²) in [6.07, 6.45) is 0. The van der Waals surface area contributed by atoms with E-state index < -0.39 is 55.1 Å². The van der Waals surface area contributed by atoms with Gasteiger partial charge in [0, 0.05) is 99.7 Å². The third-order valence-electron chi connectivity index (χ3n) is 24.6. The van der Waals surface area contributed by atoms with Crippen LogP contribution in [-0.2, 0) is 10.8 Å². The third kappa shape index (κ3) is 10.7. The van der Waals surface area contributed by atoms with E-state index in [-0.39, 0.29) is 32.6 Å². The molecule has 0 amide bonds. The topological polar surface area (TPSA) is 26.2 Å². The molecule has 0 unspecified atom stereocenters. The Balaban J connectivity index is 0.896. The average Bonchev–Trinajstić information content (AvgIpc) is 1.41. The molecule has 21 aromatic rings. The van der Waals surface area contributed by atoms with E-state index >= 15 is 0 Å². The van der Waals surface area contributed by atoms with Crippen LogP contribution in [0.2, 0.25) is 0 Å². The standard InChI is InChI=1S/C110H81BN6/c1-109(2,3)76-50-57-100-90(63-76)91-64-77(110(4,5)6)51-58-101(91)114(100)79-52-55-93-103(66-79)116(81-61-74(70-30-11-7-12-31-70)60-75(62-81)71-32-13-8-14-33-71)105-68-82(115-97-47-26-21-40-87(97)88-41-22-27-48-98(88)115)69-106-107(105)111(93)94-56-53-80(67-104(94)117(106)108-83(72-34-15-9-16-35-72)43-29-44-84(108)73-36-17-10-18-37-73)113-99-49-28-23-42-89(99)92-65-78(54-59-102(92)113)112-95-45-24-19-38-85(95)86-39-20-25-46-96(86)112/h7-69H,1-6H3/i21D,22D,26D,27D,40D,41D,47D,48D. The summed E-state index contributed by atoms with van der Waals surface area (Å²) in [6.45, 7) is 13.1. The average molecular weight is 1510 g/mol. The van der Waals surface area contributed by atoms with Gasteiger partial charge in [0.25, 0.3) is 6.71 Å². The van der Waals surface area contributed by atoms with Gasteiger partial charge in [0.15, 0.2) is 0 Å². The van der Waals surface area contributed by atoms with Crippen LogP contribution in [0, 0.1) is 0 Å². The molecule has 17 aromatic carbocycles. The quantitative estimate of drug-likeness (QED) is 0.128. The molecule has 554 valence electrons. The van der Waals surface area contributed by atoms with Crippen LogP contribution in [-0.4, -0.2) is 25.0 Å². The van der Waals surface area contributed by atoms with E-state index in [1.54, 1.807) is 4.57 Å². The molecule has 0 bridgehead atoms. The smallest absolute Gasteiger partial charge is 0.252 e. The van der Waals surface area contributed by atoms with Gasteiger partial charge in [-0.15, -0.1) is 0 Å². The zero-order chi connectivity index (χ0) is 85.1. The maximum absolute atomic E-state index is 10.3. The Labute approximate surface area is 692 Å². The zero-order valence-electron chi connectivity index (χ0n) is 73.5. The van der Waals surface area contributed by atoms with Crippen LogP contribution >= 0.6 is 0 Å². The lowest BCUT2D eigenvalue weighted by Crippen LogP contribution is -2.61. The maximum Gasteiger partial charge on any atom is 0.252 e. The van der Waals surface area contributed by atoms with Crippen LogP contribution in [0.5, 0.6) is 0 Å². The summed E-state index contributed by atoms with van der Waals surface area (Å²) in [5, 5.41) is 6.77. The van der Waals surface area contributed by atoms with Gasteiger partial charge in [0.2, 0.25) is 0 Å². The van der Waals surface area contributed by atoms with Gasteiger partial charge in [-0.05, 0) is 199 Å². The first-order chi connectivity index (χ1) is 60.6. The van der Waals surface area contributed by atoms with Crippen molar-refractivity contribution >= 4 is 144 Å². The van der Waals surface area contributed by atoms with E-state index in [9.17, 15) is 11.0 Å². The van der Waals surface area contributed by atoms with Crippen molar-refractivity contribution in [1.29, 1.82) is 0 Å². The Bertz CT molecular complexity index is 7860. The summed E-state index contributed by atoms with van der Waals surface area (Å²) in [4.78, 5) is 4.85. The van der Waals surface area contributed by atoms with Gasteiger partial charge < -0.3 is 28.1 Å². The van der Waals surface area contributed by atoms with Crippen molar-refractivity contribution in [3.05, 3.63) is 393 Å². The van der Waals surface area contributed by atoms with Gasteiger partial charge in [0.1, 0.15) is 0 Å². The summed E-state index contributed by atoms with van der Waals surface area (Å²) in [7, 11) is 0.